The van der Waals surface area contributed by atoms with Gasteiger partial charge in [-0.2, -0.15) is 4.31 Å². The predicted octanol–water partition coefficient (Wildman–Crippen LogP) is -0.829. The predicted molar refractivity (Wildman–Crippen MR) is 59.4 cm³/mol. The van der Waals surface area contributed by atoms with E-state index in [-0.39, 0.29) is 6.04 Å². The topological polar surface area (TPSA) is 75.7 Å². The van der Waals surface area contributed by atoms with E-state index in [0.29, 0.717) is 19.6 Å². The third-order valence-corrected chi connectivity index (χ3v) is 4.81. The standard InChI is InChI=1S/C9H18N2O4S/c1-7-6-11(5-4-10-7)16(13,14)8(2)9(12)15-3/h7-8,10H,4-6H2,1-3H3. The molecule has 1 aliphatic rings. The van der Waals surface area contributed by atoms with Crippen molar-refractivity contribution in [1.82, 2.24) is 9.62 Å². The van der Waals surface area contributed by atoms with E-state index >= 15 is 0 Å². The highest BCUT2D eigenvalue weighted by Crippen LogP contribution is 2.12. The molecule has 0 aromatic heterocycles. The number of sulfonamides is 1. The summed E-state index contributed by atoms with van der Waals surface area (Å²) in [6.45, 7) is 4.66. The van der Waals surface area contributed by atoms with E-state index in [1.54, 1.807) is 0 Å². The average molecular weight is 250 g/mol. The van der Waals surface area contributed by atoms with Crippen molar-refractivity contribution in [3.8, 4) is 0 Å². The van der Waals surface area contributed by atoms with Crippen LogP contribution in [0.25, 0.3) is 0 Å². The van der Waals surface area contributed by atoms with Gasteiger partial charge < -0.3 is 10.1 Å². The number of methoxy groups -OCH3 is 1. The molecule has 0 bridgehead atoms. The first kappa shape index (κ1) is 13.4. The van der Waals surface area contributed by atoms with E-state index in [9.17, 15) is 13.2 Å². The second-order valence-corrected chi connectivity index (χ2v) is 6.18. The molecule has 0 saturated carbocycles. The van der Waals surface area contributed by atoms with E-state index in [1.807, 2.05) is 6.92 Å². The minimum absolute atomic E-state index is 0.105. The number of nitrogens with zero attached hydrogens (tertiary/aromatic N) is 1. The molecule has 1 aliphatic heterocycles. The lowest BCUT2D eigenvalue weighted by Crippen LogP contribution is -2.54. The number of hydrogen-bond acceptors (Lipinski definition) is 5. The Morgan fingerprint density at radius 2 is 2.19 bits per heavy atom. The molecule has 2 atom stereocenters. The molecule has 0 aromatic rings. The van der Waals surface area contributed by atoms with Crippen LogP contribution in [0.1, 0.15) is 13.8 Å². The van der Waals surface area contributed by atoms with Crippen LogP contribution in [0, 0.1) is 0 Å². The lowest BCUT2D eigenvalue weighted by Gasteiger charge is -2.32. The van der Waals surface area contributed by atoms with Crippen molar-refractivity contribution >= 4 is 16.0 Å². The average Bonchev–Trinajstić information content (AvgIpc) is 2.27. The summed E-state index contributed by atoms with van der Waals surface area (Å²) >= 11 is 0. The van der Waals surface area contributed by atoms with E-state index in [2.05, 4.69) is 10.1 Å². The Hall–Kier alpha value is -0.660. The Labute approximate surface area is 96.0 Å². The molecule has 1 fully saturated rings. The molecule has 0 radical (unpaired) electrons. The molecule has 1 saturated heterocycles. The Balaban J connectivity index is 2.80. The van der Waals surface area contributed by atoms with Gasteiger partial charge in [0.05, 0.1) is 7.11 Å². The summed E-state index contributed by atoms with van der Waals surface area (Å²) in [4.78, 5) is 11.2. The first-order chi connectivity index (χ1) is 7.39. The summed E-state index contributed by atoms with van der Waals surface area (Å²) in [7, 11) is -2.40. The zero-order chi connectivity index (χ0) is 12.3. The van der Waals surface area contributed by atoms with Crippen LogP contribution in [0.3, 0.4) is 0 Å². The zero-order valence-corrected chi connectivity index (χ0v) is 10.6. The van der Waals surface area contributed by atoms with Gasteiger partial charge in [0.1, 0.15) is 0 Å². The highest BCUT2D eigenvalue weighted by molar-refractivity contribution is 7.90. The number of ether oxygens (including phenoxy) is 1. The van der Waals surface area contributed by atoms with Crippen LogP contribution in [0.5, 0.6) is 0 Å². The molecular formula is C9H18N2O4S. The van der Waals surface area contributed by atoms with Gasteiger partial charge in [0, 0.05) is 25.7 Å². The van der Waals surface area contributed by atoms with Crippen LogP contribution in [0.4, 0.5) is 0 Å². The number of carbonyl (C=O) groups excluding carboxylic acids is 1. The Kier molecular flexibility index (Phi) is 4.28. The third kappa shape index (κ3) is 2.72. The van der Waals surface area contributed by atoms with Crippen LogP contribution in [0.2, 0.25) is 0 Å². The summed E-state index contributed by atoms with van der Waals surface area (Å²) in [5.74, 6) is -0.716. The minimum Gasteiger partial charge on any atom is -0.468 e. The number of carbonyl (C=O) groups is 1. The molecule has 0 aliphatic carbocycles. The Morgan fingerprint density at radius 3 is 2.69 bits per heavy atom. The lowest BCUT2D eigenvalue weighted by atomic mass is 10.3. The maximum absolute atomic E-state index is 12.0. The fraction of sp³-hybridized carbons (Fsp3) is 0.889. The molecular weight excluding hydrogens is 232 g/mol. The number of esters is 1. The van der Waals surface area contributed by atoms with Gasteiger partial charge in [0.2, 0.25) is 10.0 Å². The molecule has 94 valence electrons. The number of rotatable bonds is 3. The summed E-state index contributed by atoms with van der Waals surface area (Å²) in [6.07, 6.45) is 0. The van der Waals surface area contributed by atoms with Gasteiger partial charge in [-0.3, -0.25) is 4.79 Å². The third-order valence-electron chi connectivity index (χ3n) is 2.67. The van der Waals surface area contributed by atoms with Crippen LogP contribution in [0.15, 0.2) is 0 Å². The highest BCUT2D eigenvalue weighted by Gasteiger charge is 2.36. The van der Waals surface area contributed by atoms with Crippen LogP contribution < -0.4 is 5.32 Å². The second-order valence-electron chi connectivity index (χ2n) is 3.92. The SMILES string of the molecule is COC(=O)C(C)S(=O)(=O)N1CCNC(C)C1. The van der Waals surface area contributed by atoms with Gasteiger partial charge in [0.15, 0.2) is 5.25 Å². The maximum atomic E-state index is 12.0. The van der Waals surface area contributed by atoms with Crippen molar-refractivity contribution in [1.29, 1.82) is 0 Å². The van der Waals surface area contributed by atoms with E-state index in [1.165, 1.54) is 18.3 Å². The maximum Gasteiger partial charge on any atom is 0.325 e. The number of nitrogens with one attached hydrogen (secondary N) is 1. The zero-order valence-electron chi connectivity index (χ0n) is 9.76. The molecule has 0 aromatic carbocycles. The molecule has 1 rings (SSSR count). The second kappa shape index (κ2) is 5.11. The van der Waals surface area contributed by atoms with Gasteiger partial charge in [-0.15, -0.1) is 0 Å². The first-order valence-electron chi connectivity index (χ1n) is 5.19. The van der Waals surface area contributed by atoms with Crippen molar-refractivity contribution in [2.45, 2.75) is 25.1 Å². The monoisotopic (exact) mass is 250 g/mol. The smallest absolute Gasteiger partial charge is 0.325 e. The van der Waals surface area contributed by atoms with Crippen molar-refractivity contribution in [2.24, 2.45) is 0 Å². The summed E-state index contributed by atoms with van der Waals surface area (Å²) in [5, 5.41) is 2.01. The van der Waals surface area contributed by atoms with Crippen molar-refractivity contribution < 1.29 is 17.9 Å². The molecule has 0 amide bonds. The highest BCUT2D eigenvalue weighted by atomic mass is 32.2. The van der Waals surface area contributed by atoms with E-state index < -0.39 is 21.2 Å². The molecule has 0 spiro atoms. The lowest BCUT2D eigenvalue weighted by molar-refractivity contribution is -0.139. The largest absolute Gasteiger partial charge is 0.468 e. The van der Waals surface area contributed by atoms with Gasteiger partial charge in [0.25, 0.3) is 0 Å². The normalized spacial score (nSPS) is 25.1. The molecule has 1 N–H and O–H groups in total. The van der Waals surface area contributed by atoms with Gasteiger partial charge in [-0.25, -0.2) is 8.42 Å². The van der Waals surface area contributed by atoms with Crippen molar-refractivity contribution in [3.63, 3.8) is 0 Å². The van der Waals surface area contributed by atoms with Crippen molar-refractivity contribution in [3.05, 3.63) is 0 Å². The molecule has 7 heteroatoms. The summed E-state index contributed by atoms with van der Waals surface area (Å²) < 4.78 is 29.9. The fourth-order valence-electron chi connectivity index (χ4n) is 1.64. The van der Waals surface area contributed by atoms with E-state index in [0.717, 1.165) is 0 Å². The molecule has 1 heterocycles. The van der Waals surface area contributed by atoms with Crippen LogP contribution in [-0.4, -0.2) is 56.7 Å². The van der Waals surface area contributed by atoms with Gasteiger partial charge >= 0.3 is 5.97 Å². The fourth-order valence-corrected chi connectivity index (χ4v) is 3.20. The van der Waals surface area contributed by atoms with Crippen molar-refractivity contribution in [2.75, 3.05) is 26.7 Å². The summed E-state index contributed by atoms with van der Waals surface area (Å²) in [5.41, 5.74) is 0. The minimum atomic E-state index is -3.59. The van der Waals surface area contributed by atoms with Crippen LogP contribution >= 0.6 is 0 Å². The Bertz CT molecular complexity index is 355. The molecule has 16 heavy (non-hydrogen) atoms. The summed E-state index contributed by atoms with van der Waals surface area (Å²) in [6, 6.07) is 0.105. The molecule has 6 nitrogen and oxygen atoms in total. The first-order valence-corrected chi connectivity index (χ1v) is 6.70. The van der Waals surface area contributed by atoms with E-state index in [4.69, 9.17) is 0 Å². The van der Waals surface area contributed by atoms with Gasteiger partial charge in [-0.1, -0.05) is 0 Å². The Morgan fingerprint density at radius 1 is 1.56 bits per heavy atom. The van der Waals surface area contributed by atoms with Gasteiger partial charge in [-0.05, 0) is 13.8 Å². The number of piperazine rings is 1. The molecule has 2 unspecified atom stereocenters. The van der Waals surface area contributed by atoms with Crippen LogP contribution in [-0.2, 0) is 19.6 Å². The number of hydrogen-bond donors (Lipinski definition) is 1. The quantitative estimate of drug-likeness (QED) is 0.662.